The highest BCUT2D eigenvalue weighted by Gasteiger charge is 2.10. The molecule has 0 atom stereocenters. The Morgan fingerprint density at radius 3 is 2.06 bits per heavy atom. The molecule has 1 heterocycles. The maximum atomic E-state index is 5.95. The van der Waals surface area contributed by atoms with Crippen molar-refractivity contribution in [3.63, 3.8) is 0 Å². The molecule has 17 heavy (non-hydrogen) atoms. The first-order valence-corrected chi connectivity index (χ1v) is 6.64. The molecule has 0 unspecified atom stereocenters. The van der Waals surface area contributed by atoms with Crippen LogP contribution in [0.1, 0.15) is 12.5 Å². The van der Waals surface area contributed by atoms with Crippen molar-refractivity contribution in [1.82, 2.24) is 9.97 Å². The standard InChI is InChI=1S/C12H9BrCl2N2/c1-2-7-3-5-8(6-4-7)12-16-10(14)9(13)11(15)17-12/h3-6H,2H2,1H3. The fraction of sp³-hybridized carbons (Fsp3) is 0.167. The van der Waals surface area contributed by atoms with Gasteiger partial charge in [-0.2, -0.15) is 0 Å². The van der Waals surface area contributed by atoms with E-state index in [1.807, 2.05) is 24.3 Å². The van der Waals surface area contributed by atoms with Gasteiger partial charge in [-0.3, -0.25) is 0 Å². The smallest absolute Gasteiger partial charge is 0.162 e. The summed E-state index contributed by atoms with van der Waals surface area (Å²) >= 11 is 15.1. The molecule has 5 heteroatoms. The van der Waals surface area contributed by atoms with Crippen LogP contribution in [0.3, 0.4) is 0 Å². The lowest BCUT2D eigenvalue weighted by atomic mass is 10.1. The van der Waals surface area contributed by atoms with E-state index in [0.29, 0.717) is 20.6 Å². The summed E-state index contributed by atoms with van der Waals surface area (Å²) in [7, 11) is 0. The minimum absolute atomic E-state index is 0.319. The lowest BCUT2D eigenvalue weighted by Crippen LogP contribution is -1.92. The van der Waals surface area contributed by atoms with Gasteiger partial charge in [-0.15, -0.1) is 0 Å². The molecule has 88 valence electrons. The maximum absolute atomic E-state index is 5.95. The highest BCUT2D eigenvalue weighted by molar-refractivity contribution is 9.10. The average Bonchev–Trinajstić information content (AvgIpc) is 2.35. The number of rotatable bonds is 2. The van der Waals surface area contributed by atoms with Crippen molar-refractivity contribution in [2.24, 2.45) is 0 Å². The number of hydrogen-bond acceptors (Lipinski definition) is 2. The number of hydrogen-bond donors (Lipinski definition) is 0. The van der Waals surface area contributed by atoms with Crippen molar-refractivity contribution in [1.29, 1.82) is 0 Å². The Morgan fingerprint density at radius 2 is 1.59 bits per heavy atom. The first-order chi connectivity index (χ1) is 8.11. The van der Waals surface area contributed by atoms with Gasteiger partial charge in [0.2, 0.25) is 0 Å². The Morgan fingerprint density at radius 1 is 1.06 bits per heavy atom. The SMILES string of the molecule is CCc1ccc(-c2nc(Cl)c(Br)c(Cl)n2)cc1. The summed E-state index contributed by atoms with van der Waals surface area (Å²) in [5.74, 6) is 0.533. The van der Waals surface area contributed by atoms with Crippen molar-refractivity contribution in [3.8, 4) is 11.4 Å². The summed E-state index contributed by atoms with van der Waals surface area (Å²) in [6.45, 7) is 2.11. The van der Waals surface area contributed by atoms with Crippen LogP contribution in [0.15, 0.2) is 28.7 Å². The Kier molecular flexibility index (Phi) is 4.02. The van der Waals surface area contributed by atoms with Crippen LogP contribution >= 0.6 is 39.1 Å². The molecule has 0 aliphatic rings. The van der Waals surface area contributed by atoms with E-state index in [-0.39, 0.29) is 0 Å². The molecule has 0 saturated heterocycles. The Balaban J connectivity index is 2.45. The quantitative estimate of drug-likeness (QED) is 0.740. The zero-order valence-corrected chi connectivity index (χ0v) is 12.1. The normalized spacial score (nSPS) is 10.6. The molecule has 2 aromatic rings. The fourth-order valence-electron chi connectivity index (χ4n) is 1.41. The van der Waals surface area contributed by atoms with Crippen LogP contribution in [0.2, 0.25) is 10.3 Å². The van der Waals surface area contributed by atoms with Crippen molar-refractivity contribution in [2.75, 3.05) is 0 Å². The lowest BCUT2D eigenvalue weighted by molar-refractivity contribution is 1.13. The number of aryl methyl sites for hydroxylation is 1. The molecule has 0 saturated carbocycles. The molecule has 2 nitrogen and oxygen atoms in total. The monoisotopic (exact) mass is 330 g/mol. The van der Waals surface area contributed by atoms with E-state index < -0.39 is 0 Å². The summed E-state index contributed by atoms with van der Waals surface area (Å²) in [5.41, 5.74) is 2.17. The van der Waals surface area contributed by atoms with Crippen LogP contribution in [-0.2, 0) is 6.42 Å². The molecule has 0 N–H and O–H groups in total. The molecule has 1 aromatic heterocycles. The van der Waals surface area contributed by atoms with E-state index in [4.69, 9.17) is 23.2 Å². The Hall–Kier alpha value is -0.640. The third kappa shape index (κ3) is 2.79. The third-order valence-electron chi connectivity index (χ3n) is 2.39. The summed E-state index contributed by atoms with van der Waals surface area (Å²) < 4.78 is 0.523. The molecule has 1 aromatic carbocycles. The van der Waals surface area contributed by atoms with Gasteiger partial charge in [0.1, 0.15) is 10.3 Å². The fourth-order valence-corrected chi connectivity index (χ4v) is 1.98. The van der Waals surface area contributed by atoms with E-state index in [2.05, 4.69) is 32.8 Å². The van der Waals surface area contributed by atoms with Gasteiger partial charge in [-0.25, -0.2) is 9.97 Å². The average molecular weight is 332 g/mol. The zero-order chi connectivity index (χ0) is 12.4. The summed E-state index contributed by atoms with van der Waals surface area (Å²) in [4.78, 5) is 8.36. The summed E-state index contributed by atoms with van der Waals surface area (Å²) in [6, 6.07) is 8.02. The van der Waals surface area contributed by atoms with E-state index in [1.165, 1.54) is 5.56 Å². The molecule has 0 bridgehead atoms. The second-order valence-corrected chi connectivity index (χ2v) is 5.00. The summed E-state index contributed by atoms with van der Waals surface area (Å²) in [5, 5.41) is 0.638. The van der Waals surface area contributed by atoms with Crippen LogP contribution in [0.4, 0.5) is 0 Å². The predicted octanol–water partition coefficient (Wildman–Crippen LogP) is 4.78. The molecule has 2 rings (SSSR count). The zero-order valence-electron chi connectivity index (χ0n) is 9.04. The van der Waals surface area contributed by atoms with Gasteiger partial charge in [0.15, 0.2) is 5.82 Å². The highest BCUT2D eigenvalue weighted by atomic mass is 79.9. The minimum atomic E-state index is 0.319. The molecule has 0 fully saturated rings. The number of aromatic nitrogens is 2. The van der Waals surface area contributed by atoms with Crippen LogP contribution < -0.4 is 0 Å². The van der Waals surface area contributed by atoms with Gasteiger partial charge in [-0.05, 0) is 27.9 Å². The molecule has 0 aliphatic carbocycles. The van der Waals surface area contributed by atoms with Crippen molar-refractivity contribution in [2.45, 2.75) is 13.3 Å². The van der Waals surface area contributed by atoms with E-state index in [9.17, 15) is 0 Å². The van der Waals surface area contributed by atoms with E-state index >= 15 is 0 Å². The molecule has 0 spiro atoms. The molecular weight excluding hydrogens is 323 g/mol. The van der Waals surface area contributed by atoms with Crippen LogP contribution in [0, 0.1) is 0 Å². The lowest BCUT2D eigenvalue weighted by Gasteiger charge is -2.04. The van der Waals surface area contributed by atoms with Gasteiger partial charge in [0.25, 0.3) is 0 Å². The van der Waals surface area contributed by atoms with Gasteiger partial charge < -0.3 is 0 Å². The van der Waals surface area contributed by atoms with E-state index in [1.54, 1.807) is 0 Å². The van der Waals surface area contributed by atoms with Gasteiger partial charge in [0, 0.05) is 5.56 Å². The summed E-state index contributed by atoms with van der Waals surface area (Å²) in [6.07, 6.45) is 1.00. The molecule has 0 aliphatic heterocycles. The van der Waals surface area contributed by atoms with Crippen LogP contribution in [0.25, 0.3) is 11.4 Å². The first-order valence-electron chi connectivity index (χ1n) is 5.09. The Bertz CT molecular complexity index is 518. The second-order valence-electron chi connectivity index (χ2n) is 3.49. The van der Waals surface area contributed by atoms with Crippen molar-refractivity contribution < 1.29 is 0 Å². The molecule has 0 radical (unpaired) electrons. The number of benzene rings is 1. The van der Waals surface area contributed by atoms with E-state index in [0.717, 1.165) is 12.0 Å². The van der Waals surface area contributed by atoms with Crippen molar-refractivity contribution >= 4 is 39.1 Å². The minimum Gasteiger partial charge on any atom is -0.215 e. The second kappa shape index (κ2) is 5.34. The topological polar surface area (TPSA) is 25.8 Å². The maximum Gasteiger partial charge on any atom is 0.162 e. The largest absolute Gasteiger partial charge is 0.215 e. The molecular formula is C12H9BrCl2N2. The Labute approximate surface area is 118 Å². The van der Waals surface area contributed by atoms with Gasteiger partial charge >= 0.3 is 0 Å². The number of halogens is 3. The predicted molar refractivity (Wildman–Crippen MR) is 74.6 cm³/mol. The molecule has 0 amide bonds. The van der Waals surface area contributed by atoms with Gasteiger partial charge in [-0.1, -0.05) is 54.4 Å². The third-order valence-corrected chi connectivity index (χ3v) is 4.15. The van der Waals surface area contributed by atoms with Crippen LogP contribution in [0.5, 0.6) is 0 Å². The number of nitrogens with zero attached hydrogens (tertiary/aromatic N) is 2. The van der Waals surface area contributed by atoms with Crippen LogP contribution in [-0.4, -0.2) is 9.97 Å². The van der Waals surface area contributed by atoms with Crippen molar-refractivity contribution in [3.05, 3.63) is 44.6 Å². The van der Waals surface area contributed by atoms with Gasteiger partial charge in [0.05, 0.1) is 4.47 Å². The highest BCUT2D eigenvalue weighted by Crippen LogP contribution is 2.29. The first kappa shape index (κ1) is 12.8.